The van der Waals surface area contributed by atoms with Crippen molar-refractivity contribution in [2.24, 2.45) is 0 Å². The highest BCUT2D eigenvalue weighted by molar-refractivity contribution is 7.99. The van der Waals surface area contributed by atoms with E-state index >= 15 is 0 Å². The summed E-state index contributed by atoms with van der Waals surface area (Å²) in [6.45, 7) is 2.10. The molecule has 2 saturated heterocycles. The first-order valence-corrected chi connectivity index (χ1v) is 13.0. The highest BCUT2D eigenvalue weighted by Gasteiger charge is 2.29. The van der Waals surface area contributed by atoms with Gasteiger partial charge in [0.15, 0.2) is 0 Å². The first-order valence-electron chi connectivity index (χ1n) is 10.4. The second kappa shape index (κ2) is 9.46. The fourth-order valence-corrected chi connectivity index (χ4v) is 6.41. The van der Waals surface area contributed by atoms with Gasteiger partial charge in [-0.1, -0.05) is 18.2 Å². The number of amides is 2. The predicted octanol–water partition coefficient (Wildman–Crippen LogP) is 1.79. The van der Waals surface area contributed by atoms with Crippen LogP contribution in [0.25, 0.3) is 0 Å². The number of aromatic amines is 1. The number of thioether (sulfide) groups is 1. The molecule has 0 spiro atoms. The van der Waals surface area contributed by atoms with Crippen molar-refractivity contribution in [3.63, 3.8) is 0 Å². The monoisotopic (exact) mass is 462 g/mol. The van der Waals surface area contributed by atoms with Crippen LogP contribution in [0, 0.1) is 0 Å². The molecule has 2 aromatic rings. The summed E-state index contributed by atoms with van der Waals surface area (Å²) in [5, 5.41) is 2.96. The van der Waals surface area contributed by atoms with Crippen LogP contribution >= 0.6 is 11.8 Å². The van der Waals surface area contributed by atoms with Gasteiger partial charge in [0.2, 0.25) is 10.0 Å². The number of carbonyl (C=O) groups excluding carboxylic acids is 2. The number of nitrogens with zero attached hydrogens (tertiary/aromatic N) is 2. The van der Waals surface area contributed by atoms with Crippen molar-refractivity contribution in [1.29, 1.82) is 0 Å². The van der Waals surface area contributed by atoms with Crippen LogP contribution in [0.15, 0.2) is 47.5 Å². The lowest BCUT2D eigenvalue weighted by atomic mass is 10.0. The summed E-state index contributed by atoms with van der Waals surface area (Å²) in [4.78, 5) is 29.9. The number of likely N-dealkylation sites (tertiary alicyclic amines) is 1. The van der Waals surface area contributed by atoms with E-state index in [4.69, 9.17) is 0 Å². The van der Waals surface area contributed by atoms with Crippen LogP contribution in [0.1, 0.15) is 33.7 Å². The van der Waals surface area contributed by atoms with Gasteiger partial charge < -0.3 is 15.2 Å². The molecule has 10 heteroatoms. The lowest BCUT2D eigenvalue weighted by Crippen LogP contribution is -2.46. The number of aromatic nitrogens is 1. The molecule has 31 heavy (non-hydrogen) atoms. The number of piperidine rings is 1. The number of hydrogen-bond acceptors (Lipinski definition) is 5. The summed E-state index contributed by atoms with van der Waals surface area (Å²) in [6, 6.07) is 10.5. The van der Waals surface area contributed by atoms with Crippen LogP contribution < -0.4 is 5.32 Å². The van der Waals surface area contributed by atoms with E-state index in [0.29, 0.717) is 44.6 Å². The Bertz CT molecular complexity index is 1020. The Hall–Kier alpha value is -2.30. The highest BCUT2D eigenvalue weighted by Crippen LogP contribution is 2.21. The third-order valence-electron chi connectivity index (χ3n) is 5.65. The maximum atomic E-state index is 12.8. The summed E-state index contributed by atoms with van der Waals surface area (Å²) in [5.74, 6) is 1.23. The smallest absolute Gasteiger partial charge is 0.267 e. The second-order valence-electron chi connectivity index (χ2n) is 7.67. The van der Waals surface area contributed by atoms with Gasteiger partial charge in [0.05, 0.1) is 0 Å². The van der Waals surface area contributed by atoms with E-state index in [-0.39, 0.29) is 28.4 Å². The molecule has 0 radical (unpaired) electrons. The molecule has 4 rings (SSSR count). The molecule has 2 aliphatic heterocycles. The van der Waals surface area contributed by atoms with E-state index in [1.165, 1.54) is 16.6 Å². The summed E-state index contributed by atoms with van der Waals surface area (Å²) in [5.41, 5.74) is 0.894. The van der Waals surface area contributed by atoms with E-state index in [9.17, 15) is 18.0 Å². The van der Waals surface area contributed by atoms with Crippen LogP contribution in [-0.2, 0) is 10.0 Å². The maximum Gasteiger partial charge on any atom is 0.267 e. The Labute approximate surface area is 186 Å². The Morgan fingerprint density at radius 3 is 2.39 bits per heavy atom. The minimum absolute atomic E-state index is 0.000653. The first kappa shape index (κ1) is 21.9. The van der Waals surface area contributed by atoms with Crippen molar-refractivity contribution < 1.29 is 18.0 Å². The summed E-state index contributed by atoms with van der Waals surface area (Å²) < 4.78 is 27.0. The van der Waals surface area contributed by atoms with Crippen molar-refractivity contribution in [2.45, 2.75) is 23.8 Å². The van der Waals surface area contributed by atoms with Gasteiger partial charge in [0.25, 0.3) is 11.8 Å². The van der Waals surface area contributed by atoms with Crippen molar-refractivity contribution in [3.8, 4) is 0 Å². The maximum absolute atomic E-state index is 12.8. The number of nitrogens with one attached hydrogen (secondary N) is 2. The average Bonchev–Trinajstić information content (AvgIpc) is 3.32. The summed E-state index contributed by atoms with van der Waals surface area (Å²) >= 11 is 1.74. The lowest BCUT2D eigenvalue weighted by molar-refractivity contribution is 0.0697. The van der Waals surface area contributed by atoms with Crippen LogP contribution in [0.2, 0.25) is 0 Å². The second-order valence-corrected chi connectivity index (χ2v) is 10.8. The third kappa shape index (κ3) is 4.97. The van der Waals surface area contributed by atoms with E-state index in [2.05, 4.69) is 10.3 Å². The average molecular weight is 463 g/mol. The van der Waals surface area contributed by atoms with Crippen molar-refractivity contribution in [1.82, 2.24) is 19.5 Å². The topological polar surface area (TPSA) is 103 Å². The molecule has 1 aromatic carbocycles. The number of hydrogen-bond donors (Lipinski definition) is 2. The Morgan fingerprint density at radius 1 is 1.03 bits per heavy atom. The number of sulfonamides is 1. The van der Waals surface area contributed by atoms with Crippen molar-refractivity contribution >= 4 is 33.6 Å². The largest absolute Gasteiger partial charge is 0.356 e. The van der Waals surface area contributed by atoms with Gasteiger partial charge in [0.1, 0.15) is 10.6 Å². The molecule has 0 aliphatic carbocycles. The van der Waals surface area contributed by atoms with E-state index in [0.717, 1.165) is 11.5 Å². The Kier molecular flexibility index (Phi) is 6.68. The van der Waals surface area contributed by atoms with Crippen LogP contribution in [-0.4, -0.2) is 78.1 Å². The molecule has 2 amide bonds. The van der Waals surface area contributed by atoms with Gasteiger partial charge in [0, 0.05) is 55.5 Å². The van der Waals surface area contributed by atoms with Crippen LogP contribution in [0.3, 0.4) is 0 Å². The van der Waals surface area contributed by atoms with Crippen LogP contribution in [0.5, 0.6) is 0 Å². The number of carbonyl (C=O) groups is 2. The van der Waals surface area contributed by atoms with Gasteiger partial charge in [-0.3, -0.25) is 9.59 Å². The molecule has 3 heterocycles. The minimum atomic E-state index is -3.59. The number of rotatable bonds is 5. The van der Waals surface area contributed by atoms with Gasteiger partial charge in [-0.25, -0.2) is 8.42 Å². The van der Waals surface area contributed by atoms with Crippen LogP contribution in [0.4, 0.5) is 0 Å². The normalized spacial score (nSPS) is 18.6. The van der Waals surface area contributed by atoms with E-state index < -0.39 is 10.0 Å². The molecule has 1 aromatic heterocycles. The molecule has 0 saturated carbocycles. The SMILES string of the molecule is O=C(NC1CCN(C(=O)c2ccccc2)CC1)c1cc(S(=O)(=O)N2CCSCC2)c[nH]1. The van der Waals surface area contributed by atoms with Gasteiger partial charge in [-0.2, -0.15) is 16.1 Å². The molecule has 0 bridgehead atoms. The standard InChI is InChI=1S/C21H26N4O4S2/c26-20(19-14-18(15-22-19)31(28,29)25-10-12-30-13-11-25)23-17-6-8-24(9-7-17)21(27)16-4-2-1-3-5-16/h1-5,14-15,17,22H,6-13H2,(H,23,26). The molecular weight excluding hydrogens is 436 g/mol. The van der Waals surface area contributed by atoms with Crippen molar-refractivity contribution in [2.75, 3.05) is 37.7 Å². The molecule has 2 fully saturated rings. The fourth-order valence-electron chi connectivity index (χ4n) is 3.84. The Morgan fingerprint density at radius 2 is 1.71 bits per heavy atom. The molecule has 8 nitrogen and oxygen atoms in total. The quantitative estimate of drug-likeness (QED) is 0.705. The molecule has 2 N–H and O–H groups in total. The predicted molar refractivity (Wildman–Crippen MR) is 120 cm³/mol. The van der Waals surface area contributed by atoms with Gasteiger partial charge in [-0.05, 0) is 31.0 Å². The van der Waals surface area contributed by atoms with E-state index in [1.54, 1.807) is 28.8 Å². The molecule has 2 aliphatic rings. The lowest BCUT2D eigenvalue weighted by Gasteiger charge is -2.32. The molecular formula is C21H26N4O4S2. The van der Waals surface area contributed by atoms with Gasteiger partial charge in [-0.15, -0.1) is 0 Å². The first-order chi connectivity index (χ1) is 14.9. The van der Waals surface area contributed by atoms with Gasteiger partial charge >= 0.3 is 0 Å². The fraction of sp³-hybridized carbons (Fsp3) is 0.429. The summed E-state index contributed by atoms with van der Waals surface area (Å²) in [7, 11) is -3.59. The van der Waals surface area contributed by atoms with E-state index in [1.807, 2.05) is 18.2 Å². The number of H-pyrrole nitrogens is 1. The zero-order chi connectivity index (χ0) is 21.8. The highest BCUT2D eigenvalue weighted by atomic mass is 32.2. The zero-order valence-corrected chi connectivity index (χ0v) is 18.8. The summed E-state index contributed by atoms with van der Waals surface area (Å²) in [6.07, 6.45) is 2.69. The van der Waals surface area contributed by atoms with Crippen molar-refractivity contribution in [3.05, 3.63) is 53.9 Å². The number of benzene rings is 1. The molecule has 0 atom stereocenters. The molecule has 0 unspecified atom stereocenters. The zero-order valence-electron chi connectivity index (χ0n) is 17.1. The third-order valence-corrected chi connectivity index (χ3v) is 8.47. The minimum Gasteiger partial charge on any atom is -0.356 e. The molecule has 166 valence electrons. The Balaban J connectivity index is 1.32.